The van der Waals surface area contributed by atoms with Crippen LogP contribution < -0.4 is 10.2 Å². The Hall–Kier alpha value is -1.07. The van der Waals surface area contributed by atoms with Gasteiger partial charge in [0.25, 0.3) is 5.91 Å². The van der Waals surface area contributed by atoms with Crippen molar-refractivity contribution in [3.05, 3.63) is 27.7 Å². The molecule has 0 radical (unpaired) electrons. The molecule has 1 aliphatic rings. The molecule has 1 unspecified atom stereocenters. The molecule has 1 aliphatic heterocycles. The van der Waals surface area contributed by atoms with E-state index in [-0.39, 0.29) is 23.8 Å². The van der Waals surface area contributed by atoms with Crippen LogP contribution in [0.4, 0.5) is 5.69 Å². The van der Waals surface area contributed by atoms with Crippen LogP contribution in [0.1, 0.15) is 20.8 Å². The number of hydrogen-bond donors (Lipinski definition) is 1. The molecular weight excluding hydrogens is 344 g/mol. The molecule has 0 saturated carbocycles. The molecule has 1 aromatic carbocycles. The zero-order valence-electron chi connectivity index (χ0n) is 11.5. The van der Waals surface area contributed by atoms with Gasteiger partial charge in [0.1, 0.15) is 12.6 Å². The molecule has 4 nitrogen and oxygen atoms in total. The number of benzene rings is 1. The maximum Gasteiger partial charge on any atom is 0.250 e. The van der Waals surface area contributed by atoms with Crippen LogP contribution >= 0.6 is 27.5 Å². The molecule has 2 amide bonds. The fourth-order valence-corrected chi connectivity index (χ4v) is 3.03. The average Bonchev–Trinajstić information content (AvgIpc) is 2.31. The van der Waals surface area contributed by atoms with E-state index in [1.54, 1.807) is 18.2 Å². The van der Waals surface area contributed by atoms with Gasteiger partial charge in [-0.1, -0.05) is 32.4 Å². The standard InChI is InChI=1S/C14H16BrClN2O2/c1-14(2,3)12-13(20)18(7-11(19)17-12)10-5-4-8(16)6-9(10)15/h4-6,12H,7H2,1-3H3,(H,17,19). The molecule has 0 aliphatic carbocycles. The minimum atomic E-state index is -0.536. The summed E-state index contributed by atoms with van der Waals surface area (Å²) in [6, 6.07) is 4.62. The maximum absolute atomic E-state index is 12.6. The molecule has 108 valence electrons. The van der Waals surface area contributed by atoms with Gasteiger partial charge in [-0.3, -0.25) is 9.59 Å². The lowest BCUT2D eigenvalue weighted by atomic mass is 9.84. The number of anilines is 1. The van der Waals surface area contributed by atoms with Crippen molar-refractivity contribution >= 4 is 45.0 Å². The highest BCUT2D eigenvalue weighted by Gasteiger charge is 2.40. The molecule has 0 spiro atoms. The highest BCUT2D eigenvalue weighted by molar-refractivity contribution is 9.10. The van der Waals surface area contributed by atoms with E-state index in [2.05, 4.69) is 21.2 Å². The first-order valence-electron chi connectivity index (χ1n) is 6.26. The Morgan fingerprint density at radius 3 is 2.55 bits per heavy atom. The third-order valence-electron chi connectivity index (χ3n) is 3.19. The quantitative estimate of drug-likeness (QED) is 0.838. The van der Waals surface area contributed by atoms with Crippen molar-refractivity contribution in [2.45, 2.75) is 26.8 Å². The van der Waals surface area contributed by atoms with E-state index in [0.29, 0.717) is 15.2 Å². The van der Waals surface area contributed by atoms with Crippen LogP contribution in [0.25, 0.3) is 0 Å². The summed E-state index contributed by atoms with van der Waals surface area (Å²) in [7, 11) is 0. The van der Waals surface area contributed by atoms with Gasteiger partial charge in [-0.15, -0.1) is 0 Å². The number of halogens is 2. The van der Waals surface area contributed by atoms with Gasteiger partial charge in [0.15, 0.2) is 0 Å². The fourth-order valence-electron chi connectivity index (χ4n) is 2.14. The lowest BCUT2D eigenvalue weighted by Gasteiger charge is -2.39. The summed E-state index contributed by atoms with van der Waals surface area (Å²) in [5, 5.41) is 3.34. The molecule has 0 bridgehead atoms. The molecule has 20 heavy (non-hydrogen) atoms. The third-order valence-corrected chi connectivity index (χ3v) is 4.06. The van der Waals surface area contributed by atoms with Gasteiger partial charge in [0, 0.05) is 9.50 Å². The Balaban J connectivity index is 2.40. The summed E-state index contributed by atoms with van der Waals surface area (Å²) in [4.78, 5) is 26.0. The third kappa shape index (κ3) is 2.99. The summed E-state index contributed by atoms with van der Waals surface area (Å²) in [6.45, 7) is 5.80. The predicted octanol–water partition coefficient (Wildman–Crippen LogP) is 2.98. The SMILES string of the molecule is CC(C)(C)C1NC(=O)CN(c2ccc(Cl)cc2Br)C1=O. The molecule has 1 N–H and O–H groups in total. The Morgan fingerprint density at radius 1 is 1.35 bits per heavy atom. The van der Waals surface area contributed by atoms with Gasteiger partial charge in [-0.2, -0.15) is 0 Å². The molecule has 0 aromatic heterocycles. The molecule has 1 fully saturated rings. The van der Waals surface area contributed by atoms with Crippen LogP contribution in [0.5, 0.6) is 0 Å². The molecule has 1 atom stereocenters. The van der Waals surface area contributed by atoms with E-state index in [0.717, 1.165) is 0 Å². The number of carbonyl (C=O) groups is 2. The number of carbonyl (C=O) groups excluding carboxylic acids is 2. The van der Waals surface area contributed by atoms with Crippen LogP contribution in [0.2, 0.25) is 5.02 Å². The normalized spacial score (nSPS) is 20.1. The summed E-state index contributed by atoms with van der Waals surface area (Å²) < 4.78 is 0.695. The first kappa shape index (κ1) is 15.3. The summed E-state index contributed by atoms with van der Waals surface area (Å²) in [5.41, 5.74) is 0.313. The van der Waals surface area contributed by atoms with Gasteiger partial charge in [-0.25, -0.2) is 0 Å². The summed E-state index contributed by atoms with van der Waals surface area (Å²) in [6.07, 6.45) is 0. The van der Waals surface area contributed by atoms with Crippen LogP contribution in [0, 0.1) is 5.41 Å². The van der Waals surface area contributed by atoms with Gasteiger partial charge < -0.3 is 10.2 Å². The number of piperazine rings is 1. The highest BCUT2D eigenvalue weighted by atomic mass is 79.9. The lowest BCUT2D eigenvalue weighted by Crippen LogP contribution is -2.62. The smallest absolute Gasteiger partial charge is 0.250 e. The lowest BCUT2D eigenvalue weighted by molar-refractivity contribution is -0.133. The van der Waals surface area contributed by atoms with Gasteiger partial charge in [0.05, 0.1) is 5.69 Å². The van der Waals surface area contributed by atoms with Crippen molar-refractivity contribution < 1.29 is 9.59 Å². The zero-order valence-corrected chi connectivity index (χ0v) is 13.9. The van der Waals surface area contributed by atoms with Crippen molar-refractivity contribution in [3.8, 4) is 0 Å². The number of amides is 2. The van der Waals surface area contributed by atoms with E-state index in [9.17, 15) is 9.59 Å². The average molecular weight is 360 g/mol. The van der Waals surface area contributed by atoms with Crippen molar-refractivity contribution in [3.63, 3.8) is 0 Å². The monoisotopic (exact) mass is 358 g/mol. The Bertz CT molecular complexity index is 569. The number of rotatable bonds is 1. The Kier molecular flexibility index (Phi) is 4.12. The van der Waals surface area contributed by atoms with Crippen LogP contribution in [-0.4, -0.2) is 24.4 Å². The molecule has 1 saturated heterocycles. The van der Waals surface area contributed by atoms with Gasteiger partial charge in [0.2, 0.25) is 5.91 Å². The number of nitrogens with one attached hydrogen (secondary N) is 1. The second-order valence-corrected chi connectivity index (χ2v) is 7.18. The summed E-state index contributed by atoms with van der Waals surface area (Å²) in [5.74, 6) is -0.272. The topological polar surface area (TPSA) is 49.4 Å². The molecule has 1 aromatic rings. The summed E-state index contributed by atoms with van der Waals surface area (Å²) >= 11 is 9.30. The number of nitrogens with zero attached hydrogens (tertiary/aromatic N) is 1. The second kappa shape index (κ2) is 5.37. The van der Waals surface area contributed by atoms with E-state index in [4.69, 9.17) is 11.6 Å². The second-order valence-electron chi connectivity index (χ2n) is 5.89. The molecule has 2 rings (SSSR count). The van der Waals surface area contributed by atoms with Crippen molar-refractivity contribution in [2.24, 2.45) is 5.41 Å². The fraction of sp³-hybridized carbons (Fsp3) is 0.429. The minimum Gasteiger partial charge on any atom is -0.342 e. The largest absolute Gasteiger partial charge is 0.342 e. The van der Waals surface area contributed by atoms with E-state index in [1.807, 2.05) is 20.8 Å². The first-order chi connectivity index (χ1) is 9.20. The zero-order chi connectivity index (χ0) is 15.1. The van der Waals surface area contributed by atoms with Crippen LogP contribution in [-0.2, 0) is 9.59 Å². The van der Waals surface area contributed by atoms with Crippen molar-refractivity contribution in [1.29, 1.82) is 0 Å². The molecule has 1 heterocycles. The molecule has 6 heteroatoms. The van der Waals surface area contributed by atoms with E-state index >= 15 is 0 Å². The first-order valence-corrected chi connectivity index (χ1v) is 7.43. The van der Waals surface area contributed by atoms with E-state index < -0.39 is 6.04 Å². The van der Waals surface area contributed by atoms with Crippen molar-refractivity contribution in [1.82, 2.24) is 5.32 Å². The maximum atomic E-state index is 12.6. The number of hydrogen-bond acceptors (Lipinski definition) is 2. The Labute approximate surface area is 131 Å². The predicted molar refractivity (Wildman–Crippen MR) is 82.9 cm³/mol. The highest BCUT2D eigenvalue weighted by Crippen LogP contribution is 2.32. The van der Waals surface area contributed by atoms with Gasteiger partial charge in [-0.05, 0) is 39.5 Å². The molecular formula is C14H16BrClN2O2. The van der Waals surface area contributed by atoms with Crippen LogP contribution in [0.15, 0.2) is 22.7 Å². The van der Waals surface area contributed by atoms with Crippen molar-refractivity contribution in [2.75, 3.05) is 11.4 Å². The van der Waals surface area contributed by atoms with E-state index in [1.165, 1.54) is 4.90 Å². The van der Waals surface area contributed by atoms with Gasteiger partial charge >= 0.3 is 0 Å². The Morgan fingerprint density at radius 2 is 2.00 bits per heavy atom. The van der Waals surface area contributed by atoms with Crippen LogP contribution in [0.3, 0.4) is 0 Å². The minimum absolute atomic E-state index is 0.0195.